The van der Waals surface area contributed by atoms with Gasteiger partial charge >= 0.3 is 0 Å². The molecule has 0 radical (unpaired) electrons. The van der Waals surface area contributed by atoms with Gasteiger partial charge in [-0.3, -0.25) is 4.68 Å². The fraction of sp³-hybridized carbons (Fsp3) is 0.182. The summed E-state index contributed by atoms with van der Waals surface area (Å²) >= 11 is 6.07. The molecule has 0 amide bonds. The molecule has 0 aliphatic heterocycles. The Morgan fingerprint density at radius 2 is 2.12 bits per heavy atom. The fourth-order valence-corrected chi connectivity index (χ4v) is 1.83. The lowest BCUT2D eigenvalue weighted by molar-refractivity contribution is 0.373. The first-order valence-corrected chi connectivity index (χ1v) is 5.26. The van der Waals surface area contributed by atoms with Gasteiger partial charge < -0.3 is 15.6 Å². The van der Waals surface area contributed by atoms with E-state index in [1.54, 1.807) is 24.0 Å². The Kier molecular flexibility index (Phi) is 2.85. The minimum atomic E-state index is -0.0105. The highest BCUT2D eigenvalue weighted by molar-refractivity contribution is 6.33. The number of anilines is 1. The number of hydrogen-bond donors (Lipinski definition) is 2. The number of hydrogen-bond acceptors (Lipinski definition) is 4. The highest BCUT2D eigenvalue weighted by atomic mass is 35.5. The molecule has 2 aromatic rings. The lowest BCUT2D eigenvalue weighted by Crippen LogP contribution is -1.98. The maximum absolute atomic E-state index is 9.58. The van der Waals surface area contributed by atoms with Crippen molar-refractivity contribution in [2.75, 3.05) is 12.8 Å². The topological polar surface area (TPSA) is 73.3 Å². The van der Waals surface area contributed by atoms with Crippen molar-refractivity contribution in [1.29, 1.82) is 0 Å². The molecule has 0 saturated heterocycles. The molecule has 3 N–H and O–H groups in total. The van der Waals surface area contributed by atoms with Crippen LogP contribution in [0.2, 0.25) is 5.02 Å². The quantitative estimate of drug-likeness (QED) is 0.859. The number of nitrogens with zero attached hydrogens (tertiary/aromatic N) is 2. The summed E-state index contributed by atoms with van der Waals surface area (Å²) in [6.07, 6.45) is 1.62. The number of ether oxygens (including phenoxy) is 1. The van der Waals surface area contributed by atoms with Crippen molar-refractivity contribution >= 4 is 17.4 Å². The molecule has 0 spiro atoms. The zero-order valence-corrected chi connectivity index (χ0v) is 10.2. The van der Waals surface area contributed by atoms with E-state index in [1.165, 1.54) is 13.2 Å². The third-order valence-electron chi connectivity index (χ3n) is 2.54. The third kappa shape index (κ3) is 1.89. The monoisotopic (exact) mass is 253 g/mol. The maximum Gasteiger partial charge on any atom is 0.161 e. The van der Waals surface area contributed by atoms with Gasteiger partial charge in [-0.25, -0.2) is 0 Å². The van der Waals surface area contributed by atoms with Gasteiger partial charge in [-0.2, -0.15) is 5.10 Å². The average Bonchev–Trinajstić information content (AvgIpc) is 2.61. The third-order valence-corrected chi connectivity index (χ3v) is 2.86. The minimum Gasteiger partial charge on any atom is -0.504 e. The first kappa shape index (κ1) is 11.6. The zero-order chi connectivity index (χ0) is 12.6. The second-order valence-electron chi connectivity index (χ2n) is 3.57. The van der Waals surface area contributed by atoms with Gasteiger partial charge in [-0.05, 0) is 6.07 Å². The van der Waals surface area contributed by atoms with Crippen molar-refractivity contribution in [3.63, 3.8) is 0 Å². The zero-order valence-electron chi connectivity index (χ0n) is 9.44. The summed E-state index contributed by atoms with van der Waals surface area (Å²) < 4.78 is 6.58. The van der Waals surface area contributed by atoms with Gasteiger partial charge in [0.2, 0.25) is 0 Å². The van der Waals surface area contributed by atoms with Gasteiger partial charge in [0.25, 0.3) is 0 Å². The number of halogens is 1. The van der Waals surface area contributed by atoms with Crippen molar-refractivity contribution < 1.29 is 9.84 Å². The molecule has 0 saturated carbocycles. The van der Waals surface area contributed by atoms with Crippen LogP contribution in [0.1, 0.15) is 0 Å². The highest BCUT2D eigenvalue weighted by Crippen LogP contribution is 2.39. The molecule has 1 heterocycles. The van der Waals surface area contributed by atoms with E-state index in [-0.39, 0.29) is 5.75 Å². The normalized spacial score (nSPS) is 10.5. The Balaban J connectivity index is 2.63. The van der Waals surface area contributed by atoms with Crippen LogP contribution in [0.5, 0.6) is 11.5 Å². The maximum atomic E-state index is 9.58. The largest absolute Gasteiger partial charge is 0.504 e. The van der Waals surface area contributed by atoms with E-state index in [9.17, 15) is 5.11 Å². The number of phenolic OH excluding ortho intramolecular Hbond substituents is 1. The Bertz CT molecular complexity index is 566. The van der Waals surface area contributed by atoms with Crippen LogP contribution in [0.25, 0.3) is 11.1 Å². The molecule has 1 aromatic heterocycles. The van der Waals surface area contributed by atoms with Crippen LogP contribution < -0.4 is 10.5 Å². The predicted molar refractivity (Wildman–Crippen MR) is 66.3 cm³/mol. The van der Waals surface area contributed by atoms with Crippen molar-refractivity contribution in [2.45, 2.75) is 0 Å². The molecule has 17 heavy (non-hydrogen) atoms. The van der Waals surface area contributed by atoms with Crippen LogP contribution in [0, 0.1) is 0 Å². The van der Waals surface area contributed by atoms with E-state index in [0.717, 1.165) is 0 Å². The number of aryl methyl sites for hydroxylation is 1. The molecular weight excluding hydrogens is 242 g/mol. The highest BCUT2D eigenvalue weighted by Gasteiger charge is 2.14. The van der Waals surface area contributed by atoms with E-state index in [4.69, 9.17) is 22.1 Å². The van der Waals surface area contributed by atoms with Gasteiger partial charge in [0, 0.05) is 24.2 Å². The predicted octanol–water partition coefficient (Wildman–Crippen LogP) is 2.04. The standard InChI is InChI=1S/C11H12ClN3O2/c1-15-11(13)7(5-14-15)6-3-10(17-2)9(16)4-8(6)12/h3-5,16H,13H2,1-2H3. The molecule has 6 heteroatoms. The number of aromatic nitrogens is 2. The van der Waals surface area contributed by atoms with Crippen LogP contribution in [-0.2, 0) is 7.05 Å². The minimum absolute atomic E-state index is 0.0105. The average molecular weight is 254 g/mol. The Morgan fingerprint density at radius 1 is 1.41 bits per heavy atom. The summed E-state index contributed by atoms with van der Waals surface area (Å²) in [5.41, 5.74) is 7.25. The summed E-state index contributed by atoms with van der Waals surface area (Å²) in [6, 6.07) is 3.05. The van der Waals surface area contributed by atoms with Crippen molar-refractivity contribution in [2.24, 2.45) is 7.05 Å². The first-order chi connectivity index (χ1) is 8.04. The second-order valence-corrected chi connectivity index (χ2v) is 3.98. The van der Waals surface area contributed by atoms with E-state index in [1.807, 2.05) is 0 Å². The molecular formula is C11H12ClN3O2. The number of rotatable bonds is 2. The fourth-order valence-electron chi connectivity index (χ4n) is 1.57. The number of phenols is 1. The van der Waals surface area contributed by atoms with Crippen LogP contribution >= 0.6 is 11.6 Å². The van der Waals surface area contributed by atoms with E-state index >= 15 is 0 Å². The van der Waals surface area contributed by atoms with Crippen LogP contribution in [0.4, 0.5) is 5.82 Å². The summed E-state index contributed by atoms with van der Waals surface area (Å²) in [6.45, 7) is 0. The van der Waals surface area contributed by atoms with Gasteiger partial charge in [0.15, 0.2) is 11.5 Å². The van der Waals surface area contributed by atoms with E-state index < -0.39 is 0 Å². The van der Waals surface area contributed by atoms with E-state index in [2.05, 4.69) is 5.10 Å². The molecule has 0 bridgehead atoms. The summed E-state index contributed by atoms with van der Waals surface area (Å²) in [5.74, 6) is 0.830. The molecule has 0 unspecified atom stereocenters. The van der Waals surface area contributed by atoms with Gasteiger partial charge in [0.1, 0.15) is 5.82 Å². The summed E-state index contributed by atoms with van der Waals surface area (Å²) in [7, 11) is 3.21. The Morgan fingerprint density at radius 3 is 2.65 bits per heavy atom. The van der Waals surface area contributed by atoms with Crippen LogP contribution in [0.3, 0.4) is 0 Å². The molecule has 1 aromatic carbocycles. The lowest BCUT2D eigenvalue weighted by Gasteiger charge is -2.08. The van der Waals surface area contributed by atoms with Crippen molar-refractivity contribution in [3.8, 4) is 22.6 Å². The number of methoxy groups -OCH3 is 1. The molecule has 0 aliphatic rings. The molecule has 90 valence electrons. The van der Waals surface area contributed by atoms with E-state index in [0.29, 0.717) is 27.7 Å². The summed E-state index contributed by atoms with van der Waals surface area (Å²) in [4.78, 5) is 0. The van der Waals surface area contributed by atoms with Gasteiger partial charge in [0.05, 0.1) is 18.3 Å². The molecule has 2 rings (SSSR count). The van der Waals surface area contributed by atoms with Gasteiger partial charge in [-0.1, -0.05) is 11.6 Å². The van der Waals surface area contributed by atoms with Crippen LogP contribution in [0.15, 0.2) is 18.3 Å². The molecule has 0 atom stereocenters. The number of aromatic hydroxyl groups is 1. The SMILES string of the molecule is COc1cc(-c2cnn(C)c2N)c(Cl)cc1O. The number of benzene rings is 1. The number of nitrogen functional groups attached to an aromatic ring is 1. The smallest absolute Gasteiger partial charge is 0.161 e. The Hall–Kier alpha value is -1.88. The summed E-state index contributed by atoms with van der Waals surface area (Å²) in [5, 5.41) is 14.0. The molecule has 0 aliphatic carbocycles. The van der Waals surface area contributed by atoms with Crippen LogP contribution in [-0.4, -0.2) is 22.0 Å². The van der Waals surface area contributed by atoms with Crippen molar-refractivity contribution in [3.05, 3.63) is 23.4 Å². The number of nitrogens with two attached hydrogens (primary N) is 1. The van der Waals surface area contributed by atoms with Crippen molar-refractivity contribution in [1.82, 2.24) is 9.78 Å². The van der Waals surface area contributed by atoms with Gasteiger partial charge in [-0.15, -0.1) is 0 Å². The Labute approximate surface area is 103 Å². The molecule has 5 nitrogen and oxygen atoms in total. The molecule has 0 fully saturated rings. The first-order valence-electron chi connectivity index (χ1n) is 4.89. The second kappa shape index (κ2) is 4.18. The lowest BCUT2D eigenvalue weighted by atomic mass is 10.1.